The number of carbonyl (C=O) groups excluding carboxylic acids is 1. The van der Waals surface area contributed by atoms with E-state index in [1.165, 1.54) is 32.5 Å². The average Bonchev–Trinajstić information content (AvgIpc) is 3.04. The fourth-order valence-corrected chi connectivity index (χ4v) is 4.34. The van der Waals surface area contributed by atoms with Crippen LogP contribution in [0.5, 0.6) is 0 Å². The summed E-state index contributed by atoms with van der Waals surface area (Å²) in [5, 5.41) is 13.7. The maximum atomic E-state index is 12.7. The third kappa shape index (κ3) is 2.68. The molecule has 1 aliphatic heterocycles. The number of rotatable bonds is 4. The van der Waals surface area contributed by atoms with Gasteiger partial charge in [-0.25, -0.2) is 0 Å². The van der Waals surface area contributed by atoms with Gasteiger partial charge in [-0.05, 0) is 23.6 Å². The molecule has 0 saturated heterocycles. The Bertz CT molecular complexity index is 835. The summed E-state index contributed by atoms with van der Waals surface area (Å²) in [7, 11) is 2.18. The second kappa shape index (κ2) is 6.32. The van der Waals surface area contributed by atoms with E-state index in [4.69, 9.17) is 0 Å². The lowest BCUT2D eigenvalue weighted by atomic mass is 9.80. The van der Waals surface area contributed by atoms with Gasteiger partial charge in [0.2, 0.25) is 5.91 Å². The second-order valence-electron chi connectivity index (χ2n) is 7.37. The molecule has 4 atom stereocenters. The second-order valence-corrected chi connectivity index (χ2v) is 7.37. The van der Waals surface area contributed by atoms with Gasteiger partial charge in [-0.1, -0.05) is 25.1 Å². The number of aromatic nitrogens is 1. The molecule has 132 valence electrons. The smallest absolute Gasteiger partial charge is 0.232 e. The van der Waals surface area contributed by atoms with Gasteiger partial charge in [-0.3, -0.25) is 4.79 Å². The van der Waals surface area contributed by atoms with Crippen molar-refractivity contribution in [3.63, 3.8) is 0 Å². The number of fused-ring (bicyclic) bond motifs is 2. The number of amides is 1. The number of H-pyrrole nitrogens is 1. The number of hydrogen-bond donors (Lipinski definition) is 4. The predicted octanol–water partition coefficient (Wildman–Crippen LogP) is 0.508. The summed E-state index contributed by atoms with van der Waals surface area (Å²) in [5.41, 5.74) is 5.10. The Labute approximate surface area is 147 Å². The van der Waals surface area contributed by atoms with E-state index in [1.807, 2.05) is 6.92 Å². The molecule has 1 aromatic heterocycles. The molecule has 4 rings (SSSR count). The van der Waals surface area contributed by atoms with Gasteiger partial charge in [-0.15, -0.1) is 0 Å². The van der Waals surface area contributed by atoms with E-state index in [1.54, 1.807) is 0 Å². The van der Waals surface area contributed by atoms with Crippen LogP contribution in [0, 0.1) is 5.92 Å². The first-order valence-corrected chi connectivity index (χ1v) is 9.17. The van der Waals surface area contributed by atoms with Gasteiger partial charge >= 0.3 is 0 Å². The molecule has 2 heterocycles. The normalized spacial score (nSPS) is 26.0. The number of nitrogens with one attached hydrogen (secondary N) is 3. The summed E-state index contributed by atoms with van der Waals surface area (Å²) in [6.45, 7) is 2.75. The molecule has 0 radical (unpaired) electrons. The van der Waals surface area contributed by atoms with Gasteiger partial charge in [0, 0.05) is 29.1 Å². The van der Waals surface area contributed by atoms with Crippen LogP contribution in [0.15, 0.2) is 30.5 Å². The lowest BCUT2D eigenvalue weighted by Gasteiger charge is -2.36. The van der Waals surface area contributed by atoms with Crippen molar-refractivity contribution in [3.05, 3.63) is 41.6 Å². The zero-order chi connectivity index (χ0) is 17.6. The highest BCUT2D eigenvalue weighted by Gasteiger charge is 2.38. The third-order valence-corrected chi connectivity index (χ3v) is 5.81. The van der Waals surface area contributed by atoms with E-state index >= 15 is 0 Å². The highest BCUT2D eigenvalue weighted by Crippen LogP contribution is 2.37. The Hall–Kier alpha value is -2.11. The largest absolute Gasteiger partial charge is 0.394 e. The van der Waals surface area contributed by atoms with Crippen molar-refractivity contribution in [3.8, 4) is 0 Å². The van der Waals surface area contributed by atoms with Crippen LogP contribution in [0.25, 0.3) is 16.5 Å². The lowest BCUT2D eigenvalue weighted by molar-refractivity contribution is -0.900. The molecule has 2 aliphatic rings. The number of aliphatic hydroxyl groups excluding tert-OH is 1. The Balaban J connectivity index is 1.71. The summed E-state index contributed by atoms with van der Waals surface area (Å²) in [6.07, 6.45) is 6.05. The zero-order valence-electron chi connectivity index (χ0n) is 14.8. The molecule has 0 bridgehead atoms. The first kappa shape index (κ1) is 16.4. The lowest BCUT2D eigenvalue weighted by Crippen LogP contribution is -3.15. The Morgan fingerprint density at radius 3 is 3.08 bits per heavy atom. The van der Waals surface area contributed by atoms with Crippen LogP contribution in [0.3, 0.4) is 0 Å². The molecule has 0 saturated carbocycles. The van der Waals surface area contributed by atoms with Crippen LogP contribution in [0.1, 0.15) is 24.5 Å². The molecule has 25 heavy (non-hydrogen) atoms. The van der Waals surface area contributed by atoms with Crippen molar-refractivity contribution in [2.45, 2.75) is 31.8 Å². The van der Waals surface area contributed by atoms with Gasteiger partial charge < -0.3 is 20.3 Å². The number of likely N-dealkylation sites (N-methyl/N-ethyl adjacent to an activating group) is 1. The van der Waals surface area contributed by atoms with Crippen molar-refractivity contribution in [1.29, 1.82) is 0 Å². The van der Waals surface area contributed by atoms with Gasteiger partial charge in [0.1, 0.15) is 12.0 Å². The fourth-order valence-electron chi connectivity index (χ4n) is 4.34. The van der Waals surface area contributed by atoms with Crippen molar-refractivity contribution < 1.29 is 14.8 Å². The highest BCUT2D eigenvalue weighted by molar-refractivity contribution is 5.98. The Morgan fingerprint density at radius 1 is 1.48 bits per heavy atom. The summed E-state index contributed by atoms with van der Waals surface area (Å²) in [4.78, 5) is 17.4. The topological polar surface area (TPSA) is 69.6 Å². The standard InChI is InChI=1S/C20H25N3O2/c1-3-14(11-24)22-20(25)13-7-16-15-5-4-6-17-19(15)12(9-21-17)8-18(16)23(2)10-13/h4-7,9,13-14,18,21,24H,3,8,10-11H2,1-2H3,(H,22,25)/p+1/t13-,14-,18+/m0/s1. The molecule has 5 nitrogen and oxygen atoms in total. The van der Waals surface area contributed by atoms with Crippen molar-refractivity contribution in [2.24, 2.45) is 5.92 Å². The van der Waals surface area contributed by atoms with Crippen LogP contribution in [-0.4, -0.2) is 48.3 Å². The molecule has 0 fully saturated rings. The number of benzene rings is 1. The SMILES string of the molecule is CC[C@@H](CO)NC(=O)[C@H]1C=C2c3cccc4[nH]cc(c34)C[C@H]2[NH+](C)C1. The third-order valence-electron chi connectivity index (χ3n) is 5.81. The van der Waals surface area contributed by atoms with Crippen LogP contribution < -0.4 is 10.2 Å². The minimum Gasteiger partial charge on any atom is -0.394 e. The highest BCUT2D eigenvalue weighted by atomic mass is 16.3. The fraction of sp³-hybridized carbons (Fsp3) is 0.450. The molecule has 2 aromatic rings. The summed E-state index contributed by atoms with van der Waals surface area (Å²) >= 11 is 0. The van der Waals surface area contributed by atoms with E-state index in [0.717, 1.165) is 19.4 Å². The summed E-state index contributed by atoms with van der Waals surface area (Å²) in [6, 6.07) is 6.61. The molecule has 4 N–H and O–H groups in total. The number of aliphatic hydroxyl groups is 1. The molecule has 0 spiro atoms. The van der Waals surface area contributed by atoms with Crippen molar-refractivity contribution in [2.75, 3.05) is 20.2 Å². The molecule has 1 aliphatic carbocycles. The van der Waals surface area contributed by atoms with E-state index in [9.17, 15) is 9.90 Å². The number of aromatic amines is 1. The predicted molar refractivity (Wildman–Crippen MR) is 98.3 cm³/mol. The zero-order valence-corrected chi connectivity index (χ0v) is 14.8. The average molecular weight is 340 g/mol. The molecule has 5 heteroatoms. The Morgan fingerprint density at radius 2 is 2.32 bits per heavy atom. The maximum Gasteiger partial charge on any atom is 0.232 e. The molecular formula is C20H26N3O2+. The van der Waals surface area contributed by atoms with Gasteiger partial charge in [0.15, 0.2) is 0 Å². The van der Waals surface area contributed by atoms with Crippen LogP contribution in [-0.2, 0) is 11.2 Å². The number of carbonyl (C=O) groups is 1. The first-order valence-electron chi connectivity index (χ1n) is 9.17. The van der Waals surface area contributed by atoms with Crippen molar-refractivity contribution in [1.82, 2.24) is 10.3 Å². The number of hydrogen-bond acceptors (Lipinski definition) is 2. The van der Waals surface area contributed by atoms with E-state index in [-0.39, 0.29) is 24.5 Å². The Kier molecular flexibility index (Phi) is 4.13. The minimum atomic E-state index is -0.157. The summed E-state index contributed by atoms with van der Waals surface area (Å²) in [5.74, 6) is -0.124. The monoisotopic (exact) mass is 340 g/mol. The van der Waals surface area contributed by atoms with E-state index in [0.29, 0.717) is 6.04 Å². The minimum absolute atomic E-state index is 0.0110. The summed E-state index contributed by atoms with van der Waals surface area (Å²) < 4.78 is 0. The van der Waals surface area contributed by atoms with Crippen LogP contribution in [0.4, 0.5) is 0 Å². The molecule has 1 unspecified atom stereocenters. The molecular weight excluding hydrogens is 314 g/mol. The number of quaternary nitrogens is 1. The van der Waals surface area contributed by atoms with Gasteiger partial charge in [0.25, 0.3) is 0 Å². The van der Waals surface area contributed by atoms with Crippen molar-refractivity contribution >= 4 is 22.4 Å². The van der Waals surface area contributed by atoms with E-state index in [2.05, 4.69) is 47.8 Å². The first-order chi connectivity index (χ1) is 12.1. The van der Waals surface area contributed by atoms with E-state index < -0.39 is 0 Å². The van der Waals surface area contributed by atoms with Crippen LogP contribution >= 0.6 is 0 Å². The van der Waals surface area contributed by atoms with Gasteiger partial charge in [-0.2, -0.15) is 0 Å². The quantitative estimate of drug-likeness (QED) is 0.655. The molecule has 1 amide bonds. The molecule has 1 aromatic carbocycles. The van der Waals surface area contributed by atoms with Gasteiger partial charge in [0.05, 0.1) is 26.2 Å². The van der Waals surface area contributed by atoms with Crippen LogP contribution in [0.2, 0.25) is 0 Å². The maximum absolute atomic E-state index is 12.7.